The SMILES string of the molecule is O=C(COC(=O)c1cc2ccccc2s1)NCC(=O)Nc1ccc(F)c(F)c1. The van der Waals surface area contributed by atoms with Crippen molar-refractivity contribution < 1.29 is 27.9 Å². The van der Waals surface area contributed by atoms with Gasteiger partial charge in [-0.2, -0.15) is 0 Å². The van der Waals surface area contributed by atoms with E-state index in [1.165, 1.54) is 17.4 Å². The topological polar surface area (TPSA) is 84.5 Å². The quantitative estimate of drug-likeness (QED) is 0.619. The summed E-state index contributed by atoms with van der Waals surface area (Å²) >= 11 is 1.25. The number of hydrogen-bond donors (Lipinski definition) is 2. The van der Waals surface area contributed by atoms with Crippen LogP contribution in [0.3, 0.4) is 0 Å². The van der Waals surface area contributed by atoms with Crippen LogP contribution in [0.25, 0.3) is 10.1 Å². The summed E-state index contributed by atoms with van der Waals surface area (Å²) < 4.78 is 31.8. The molecule has 0 radical (unpaired) electrons. The number of ether oxygens (including phenoxy) is 1. The van der Waals surface area contributed by atoms with E-state index >= 15 is 0 Å². The third-order valence-electron chi connectivity index (χ3n) is 3.61. The molecule has 3 aromatic rings. The number of esters is 1. The first-order valence-electron chi connectivity index (χ1n) is 8.09. The Morgan fingerprint density at radius 3 is 2.50 bits per heavy atom. The fourth-order valence-corrected chi connectivity index (χ4v) is 3.25. The van der Waals surface area contributed by atoms with Crippen molar-refractivity contribution >= 4 is 44.9 Å². The highest BCUT2D eigenvalue weighted by atomic mass is 32.1. The van der Waals surface area contributed by atoms with Crippen molar-refractivity contribution in [3.05, 3.63) is 65.0 Å². The number of carbonyl (C=O) groups excluding carboxylic acids is 3. The van der Waals surface area contributed by atoms with Crippen LogP contribution in [0.4, 0.5) is 14.5 Å². The highest BCUT2D eigenvalue weighted by Crippen LogP contribution is 2.25. The second kappa shape index (κ2) is 8.57. The molecule has 1 heterocycles. The highest BCUT2D eigenvalue weighted by molar-refractivity contribution is 7.20. The van der Waals surface area contributed by atoms with Gasteiger partial charge in [0.05, 0.1) is 6.54 Å². The van der Waals surface area contributed by atoms with Gasteiger partial charge in [-0.25, -0.2) is 13.6 Å². The van der Waals surface area contributed by atoms with Crippen LogP contribution in [0.5, 0.6) is 0 Å². The number of carbonyl (C=O) groups is 3. The minimum Gasteiger partial charge on any atom is -0.451 e. The third-order valence-corrected chi connectivity index (χ3v) is 4.71. The van der Waals surface area contributed by atoms with Crippen LogP contribution in [-0.2, 0) is 14.3 Å². The van der Waals surface area contributed by atoms with Gasteiger partial charge < -0.3 is 15.4 Å². The van der Waals surface area contributed by atoms with Gasteiger partial charge in [-0.15, -0.1) is 11.3 Å². The molecule has 0 bridgehead atoms. The third kappa shape index (κ3) is 4.89. The van der Waals surface area contributed by atoms with Crippen LogP contribution >= 0.6 is 11.3 Å². The van der Waals surface area contributed by atoms with Crippen molar-refractivity contribution in [2.45, 2.75) is 0 Å². The van der Waals surface area contributed by atoms with E-state index in [1.807, 2.05) is 24.3 Å². The van der Waals surface area contributed by atoms with Crippen LogP contribution in [0.15, 0.2) is 48.5 Å². The Morgan fingerprint density at radius 2 is 1.75 bits per heavy atom. The second-order valence-corrected chi connectivity index (χ2v) is 6.76. The van der Waals surface area contributed by atoms with Gasteiger partial charge in [0, 0.05) is 16.5 Å². The smallest absolute Gasteiger partial charge is 0.348 e. The molecule has 3 rings (SSSR count). The lowest BCUT2D eigenvalue weighted by molar-refractivity contribution is -0.126. The largest absolute Gasteiger partial charge is 0.451 e. The lowest BCUT2D eigenvalue weighted by Gasteiger charge is -2.07. The van der Waals surface area contributed by atoms with Gasteiger partial charge in [-0.05, 0) is 29.7 Å². The number of fused-ring (bicyclic) bond motifs is 1. The molecule has 0 spiro atoms. The van der Waals surface area contributed by atoms with Crippen LogP contribution in [0.1, 0.15) is 9.67 Å². The van der Waals surface area contributed by atoms with Crippen molar-refractivity contribution in [3.8, 4) is 0 Å². The number of hydrogen-bond acceptors (Lipinski definition) is 5. The number of thiophene rings is 1. The molecule has 0 aliphatic carbocycles. The molecule has 0 aliphatic rings. The second-order valence-electron chi connectivity index (χ2n) is 5.68. The first-order valence-corrected chi connectivity index (χ1v) is 8.91. The van der Waals surface area contributed by atoms with Crippen LogP contribution < -0.4 is 10.6 Å². The van der Waals surface area contributed by atoms with Gasteiger partial charge in [0.2, 0.25) is 5.91 Å². The maximum atomic E-state index is 13.1. The predicted molar refractivity (Wildman–Crippen MR) is 100 cm³/mol. The summed E-state index contributed by atoms with van der Waals surface area (Å²) in [5, 5.41) is 5.47. The van der Waals surface area contributed by atoms with Crippen molar-refractivity contribution in [1.29, 1.82) is 0 Å². The molecule has 28 heavy (non-hydrogen) atoms. The fraction of sp³-hybridized carbons (Fsp3) is 0.105. The van der Waals surface area contributed by atoms with E-state index in [-0.39, 0.29) is 5.69 Å². The van der Waals surface area contributed by atoms with Gasteiger partial charge in [0.1, 0.15) is 4.88 Å². The van der Waals surface area contributed by atoms with Gasteiger partial charge in [-0.3, -0.25) is 9.59 Å². The zero-order chi connectivity index (χ0) is 20.1. The minimum atomic E-state index is -1.10. The molecule has 0 aliphatic heterocycles. The summed E-state index contributed by atoms with van der Waals surface area (Å²) in [7, 11) is 0. The Balaban J connectivity index is 1.44. The number of anilines is 1. The van der Waals surface area contributed by atoms with Gasteiger partial charge in [-0.1, -0.05) is 18.2 Å². The minimum absolute atomic E-state index is 0.0503. The molecule has 0 unspecified atom stereocenters. The molecule has 0 atom stereocenters. The molecule has 144 valence electrons. The maximum absolute atomic E-state index is 13.1. The zero-order valence-electron chi connectivity index (χ0n) is 14.3. The Hall–Kier alpha value is -3.33. The first-order chi connectivity index (χ1) is 13.4. The summed E-state index contributed by atoms with van der Waals surface area (Å²) in [5.74, 6) is -4.09. The van der Waals surface area contributed by atoms with Gasteiger partial charge >= 0.3 is 5.97 Å². The van der Waals surface area contributed by atoms with Crippen molar-refractivity contribution in [2.75, 3.05) is 18.5 Å². The molecule has 0 saturated heterocycles. The molecule has 2 amide bonds. The summed E-state index contributed by atoms with van der Waals surface area (Å²) in [6, 6.07) is 12.0. The maximum Gasteiger partial charge on any atom is 0.348 e. The molecule has 6 nitrogen and oxygen atoms in total. The highest BCUT2D eigenvalue weighted by Gasteiger charge is 2.14. The van der Waals surface area contributed by atoms with Crippen LogP contribution in [0, 0.1) is 11.6 Å². The number of nitrogens with one attached hydrogen (secondary N) is 2. The molecule has 1 aromatic heterocycles. The Bertz CT molecular complexity index is 1020. The number of rotatable bonds is 6. The van der Waals surface area contributed by atoms with E-state index in [1.54, 1.807) is 6.07 Å². The van der Waals surface area contributed by atoms with E-state index in [9.17, 15) is 23.2 Å². The summed E-state index contributed by atoms with van der Waals surface area (Å²) in [6.07, 6.45) is 0. The Labute approximate surface area is 162 Å². The van der Waals surface area contributed by atoms with Crippen LogP contribution in [0.2, 0.25) is 0 Å². The standard InChI is InChI=1S/C19H14F2N2O4S/c20-13-6-5-12(8-14(13)21)23-17(24)9-22-18(25)10-27-19(26)16-7-11-3-1-2-4-15(11)28-16/h1-8H,9-10H2,(H,22,25)(H,23,24). The molecule has 0 saturated carbocycles. The van der Waals surface area contributed by atoms with Crippen molar-refractivity contribution in [2.24, 2.45) is 0 Å². The molecular formula is C19H14F2N2O4S. The summed E-state index contributed by atoms with van der Waals surface area (Å²) in [5.41, 5.74) is 0.0503. The van der Waals surface area contributed by atoms with Gasteiger partial charge in [0.15, 0.2) is 18.2 Å². The van der Waals surface area contributed by atoms with Gasteiger partial charge in [0.25, 0.3) is 5.91 Å². The van der Waals surface area contributed by atoms with Crippen LogP contribution in [-0.4, -0.2) is 30.9 Å². The average Bonchev–Trinajstić information content (AvgIpc) is 3.11. The molecule has 2 N–H and O–H groups in total. The van der Waals surface area contributed by atoms with E-state index in [2.05, 4.69) is 10.6 Å². The Morgan fingerprint density at radius 1 is 0.964 bits per heavy atom. The average molecular weight is 404 g/mol. The lowest BCUT2D eigenvalue weighted by Crippen LogP contribution is -2.35. The van der Waals surface area contributed by atoms with E-state index < -0.39 is 42.6 Å². The molecule has 9 heteroatoms. The van der Waals surface area contributed by atoms with E-state index in [0.29, 0.717) is 4.88 Å². The van der Waals surface area contributed by atoms with E-state index in [0.717, 1.165) is 22.2 Å². The number of amides is 2. The first kappa shape index (κ1) is 19.4. The number of halogens is 2. The zero-order valence-corrected chi connectivity index (χ0v) is 15.1. The molecule has 0 fully saturated rings. The Kier molecular flexibility index (Phi) is 5.95. The van der Waals surface area contributed by atoms with Crippen molar-refractivity contribution in [1.82, 2.24) is 5.32 Å². The van der Waals surface area contributed by atoms with E-state index in [4.69, 9.17) is 4.74 Å². The molecule has 2 aromatic carbocycles. The lowest BCUT2D eigenvalue weighted by atomic mass is 10.2. The predicted octanol–water partition coefficient (Wildman–Crippen LogP) is 3.09. The normalized spacial score (nSPS) is 10.5. The number of benzene rings is 2. The molecular weight excluding hydrogens is 390 g/mol. The summed E-state index contributed by atoms with van der Waals surface area (Å²) in [6.45, 7) is -0.968. The summed E-state index contributed by atoms with van der Waals surface area (Å²) in [4.78, 5) is 35.8. The monoisotopic (exact) mass is 404 g/mol. The van der Waals surface area contributed by atoms with Crippen molar-refractivity contribution in [3.63, 3.8) is 0 Å². The fourth-order valence-electron chi connectivity index (χ4n) is 2.29.